The maximum atomic E-state index is 8.99. The minimum absolute atomic E-state index is 0.197. The van der Waals surface area contributed by atoms with E-state index in [4.69, 9.17) is 5.11 Å². The van der Waals surface area contributed by atoms with Crippen molar-refractivity contribution in [3.8, 4) is 0 Å². The Labute approximate surface area is 110 Å². The average molecular weight is 245 g/mol. The third kappa shape index (κ3) is 5.09. The van der Waals surface area contributed by atoms with Crippen LogP contribution in [0.2, 0.25) is 0 Å². The van der Waals surface area contributed by atoms with Crippen molar-refractivity contribution in [2.75, 3.05) is 6.54 Å². The van der Waals surface area contributed by atoms with Crippen molar-refractivity contribution in [2.45, 2.75) is 26.7 Å². The molecule has 0 aliphatic heterocycles. The molecular weight excluding hydrogens is 222 g/mol. The Morgan fingerprint density at radius 3 is 2.33 bits per heavy atom. The van der Waals surface area contributed by atoms with Gasteiger partial charge in [-0.3, -0.25) is 0 Å². The maximum absolute atomic E-state index is 8.99. The van der Waals surface area contributed by atoms with Crippen LogP contribution < -0.4 is 5.32 Å². The number of rotatable bonds is 7. The lowest BCUT2D eigenvalue weighted by Crippen LogP contribution is -2.13. The molecule has 0 atom stereocenters. The van der Waals surface area contributed by atoms with Crippen molar-refractivity contribution in [3.05, 3.63) is 54.3 Å². The molecule has 0 bridgehead atoms. The summed E-state index contributed by atoms with van der Waals surface area (Å²) in [5.41, 5.74) is 3.32. The normalized spacial score (nSPS) is 10.4. The predicted octanol–water partition coefficient (Wildman–Crippen LogP) is 3.91. The lowest BCUT2D eigenvalue weighted by molar-refractivity contribution is 0.391. The number of aliphatic hydroxyl groups is 1. The summed E-state index contributed by atoms with van der Waals surface area (Å²) in [6, 6.07) is 8.46. The van der Waals surface area contributed by atoms with Crippen molar-refractivity contribution in [1.82, 2.24) is 5.32 Å². The van der Waals surface area contributed by atoms with Crippen LogP contribution in [0.4, 0.5) is 0 Å². The minimum atomic E-state index is 0.197. The number of hydrogen-bond donors (Lipinski definition) is 2. The van der Waals surface area contributed by atoms with Gasteiger partial charge in [0.2, 0.25) is 0 Å². The van der Waals surface area contributed by atoms with Gasteiger partial charge in [0, 0.05) is 18.7 Å². The first kappa shape index (κ1) is 14.4. The first-order chi connectivity index (χ1) is 8.49. The van der Waals surface area contributed by atoms with E-state index in [0.29, 0.717) is 18.9 Å². The van der Waals surface area contributed by atoms with E-state index >= 15 is 0 Å². The van der Waals surface area contributed by atoms with Crippen molar-refractivity contribution >= 4 is 5.70 Å². The Kier molecular flexibility index (Phi) is 5.50. The van der Waals surface area contributed by atoms with E-state index in [0.717, 1.165) is 17.7 Å². The largest absolute Gasteiger partial charge is 0.513 e. The quantitative estimate of drug-likeness (QED) is 0.714. The molecule has 2 N–H and O–H groups in total. The first-order valence-electron chi connectivity index (χ1n) is 6.38. The van der Waals surface area contributed by atoms with Crippen LogP contribution in [-0.2, 0) is 6.42 Å². The third-order valence-electron chi connectivity index (χ3n) is 2.70. The molecule has 98 valence electrons. The molecule has 18 heavy (non-hydrogen) atoms. The lowest BCUT2D eigenvalue weighted by Gasteiger charge is -2.11. The molecule has 0 saturated carbocycles. The van der Waals surface area contributed by atoms with E-state index in [9.17, 15) is 0 Å². The van der Waals surface area contributed by atoms with Crippen LogP contribution in [-0.4, -0.2) is 11.7 Å². The summed E-state index contributed by atoms with van der Waals surface area (Å²) in [5, 5.41) is 12.2. The molecule has 0 radical (unpaired) electrons. The van der Waals surface area contributed by atoms with Gasteiger partial charge in [0.15, 0.2) is 0 Å². The highest BCUT2D eigenvalue weighted by atomic mass is 16.3. The van der Waals surface area contributed by atoms with Gasteiger partial charge < -0.3 is 10.4 Å². The fraction of sp³-hybridized carbons (Fsp3) is 0.375. The van der Waals surface area contributed by atoms with Gasteiger partial charge in [0.1, 0.15) is 0 Å². The summed E-state index contributed by atoms with van der Waals surface area (Å²) >= 11 is 0. The highest BCUT2D eigenvalue weighted by Crippen LogP contribution is 2.14. The number of hydrogen-bond acceptors (Lipinski definition) is 2. The second-order valence-electron chi connectivity index (χ2n) is 5.02. The lowest BCUT2D eigenvalue weighted by atomic mass is 10.0. The summed E-state index contributed by atoms with van der Waals surface area (Å²) in [6.07, 6.45) is 1.65. The summed E-state index contributed by atoms with van der Waals surface area (Å²) in [4.78, 5) is 0. The van der Waals surface area contributed by atoms with Crippen LogP contribution in [0.3, 0.4) is 0 Å². The van der Waals surface area contributed by atoms with E-state index in [-0.39, 0.29) is 5.76 Å². The van der Waals surface area contributed by atoms with Crippen LogP contribution in [0, 0.1) is 5.92 Å². The zero-order valence-electron chi connectivity index (χ0n) is 11.4. The molecule has 0 saturated heterocycles. The predicted molar refractivity (Wildman–Crippen MR) is 78.4 cm³/mol. The SMILES string of the molecule is C=C(O)CCNC(=C)c1ccc(CC(C)C)cc1. The Morgan fingerprint density at radius 1 is 1.22 bits per heavy atom. The Balaban J connectivity index is 2.51. The molecule has 1 aromatic rings. The molecule has 0 unspecified atom stereocenters. The molecule has 0 amide bonds. The number of nitrogens with one attached hydrogen (secondary N) is 1. The number of aliphatic hydroxyl groups excluding tert-OH is 1. The molecule has 2 heteroatoms. The topological polar surface area (TPSA) is 32.3 Å². The molecule has 0 heterocycles. The summed E-state index contributed by atoms with van der Waals surface area (Å²) < 4.78 is 0. The van der Waals surface area contributed by atoms with Crippen molar-refractivity contribution in [3.63, 3.8) is 0 Å². The molecule has 1 aromatic carbocycles. The van der Waals surface area contributed by atoms with Gasteiger partial charge in [-0.25, -0.2) is 0 Å². The van der Waals surface area contributed by atoms with Crippen LogP contribution >= 0.6 is 0 Å². The van der Waals surface area contributed by atoms with Gasteiger partial charge in [-0.15, -0.1) is 0 Å². The smallest absolute Gasteiger partial charge is 0.0868 e. The molecule has 0 fully saturated rings. The van der Waals surface area contributed by atoms with E-state index in [1.807, 2.05) is 0 Å². The molecule has 0 aromatic heterocycles. The van der Waals surface area contributed by atoms with Gasteiger partial charge in [-0.2, -0.15) is 0 Å². The molecular formula is C16H23NO. The second-order valence-corrected chi connectivity index (χ2v) is 5.02. The molecule has 1 rings (SSSR count). The van der Waals surface area contributed by atoms with Gasteiger partial charge in [-0.1, -0.05) is 51.3 Å². The highest BCUT2D eigenvalue weighted by Gasteiger charge is 2.01. The van der Waals surface area contributed by atoms with Gasteiger partial charge in [0.05, 0.1) is 5.76 Å². The van der Waals surface area contributed by atoms with Crippen LogP contribution in [0.25, 0.3) is 5.70 Å². The molecule has 2 nitrogen and oxygen atoms in total. The average Bonchev–Trinajstić information content (AvgIpc) is 2.28. The van der Waals surface area contributed by atoms with Crippen LogP contribution in [0.15, 0.2) is 43.2 Å². The van der Waals surface area contributed by atoms with Gasteiger partial charge >= 0.3 is 0 Å². The van der Waals surface area contributed by atoms with E-state index < -0.39 is 0 Å². The summed E-state index contributed by atoms with van der Waals surface area (Å²) in [5.74, 6) is 0.871. The Morgan fingerprint density at radius 2 is 1.83 bits per heavy atom. The zero-order valence-corrected chi connectivity index (χ0v) is 11.4. The van der Waals surface area contributed by atoms with Gasteiger partial charge in [-0.05, 0) is 23.5 Å². The minimum Gasteiger partial charge on any atom is -0.513 e. The first-order valence-corrected chi connectivity index (χ1v) is 6.38. The van der Waals surface area contributed by atoms with Crippen molar-refractivity contribution < 1.29 is 5.11 Å². The maximum Gasteiger partial charge on any atom is 0.0868 e. The Bertz CT molecular complexity index is 404. The molecule has 0 aliphatic carbocycles. The molecule has 0 spiro atoms. The van der Waals surface area contributed by atoms with Gasteiger partial charge in [0.25, 0.3) is 0 Å². The Hall–Kier alpha value is -1.70. The van der Waals surface area contributed by atoms with E-state index in [1.165, 1.54) is 5.56 Å². The highest BCUT2D eigenvalue weighted by molar-refractivity contribution is 5.61. The van der Waals surface area contributed by atoms with E-state index in [2.05, 4.69) is 56.6 Å². The van der Waals surface area contributed by atoms with Crippen molar-refractivity contribution in [2.24, 2.45) is 5.92 Å². The van der Waals surface area contributed by atoms with Crippen molar-refractivity contribution in [1.29, 1.82) is 0 Å². The molecule has 0 aliphatic rings. The van der Waals surface area contributed by atoms with Crippen LogP contribution in [0.5, 0.6) is 0 Å². The summed E-state index contributed by atoms with van der Waals surface area (Å²) in [6.45, 7) is 12.5. The van der Waals surface area contributed by atoms with Crippen LogP contribution in [0.1, 0.15) is 31.4 Å². The van der Waals surface area contributed by atoms with E-state index in [1.54, 1.807) is 0 Å². The fourth-order valence-corrected chi connectivity index (χ4v) is 1.77. The summed E-state index contributed by atoms with van der Waals surface area (Å²) in [7, 11) is 0. The monoisotopic (exact) mass is 245 g/mol. The number of benzene rings is 1. The zero-order chi connectivity index (χ0) is 13.5. The second kappa shape index (κ2) is 6.90. The fourth-order valence-electron chi connectivity index (χ4n) is 1.77. The third-order valence-corrected chi connectivity index (χ3v) is 2.70. The standard InChI is InChI=1S/C16H23NO/c1-12(2)11-15-5-7-16(8-6-15)14(4)17-10-9-13(3)18/h5-8,12,17-18H,3-4,9-11H2,1-2H3.